The van der Waals surface area contributed by atoms with Gasteiger partial charge in [-0.3, -0.25) is 4.57 Å². The summed E-state index contributed by atoms with van der Waals surface area (Å²) in [5, 5.41) is 0. The van der Waals surface area contributed by atoms with Gasteiger partial charge in [0.05, 0.1) is 0 Å². The highest BCUT2D eigenvalue weighted by Crippen LogP contribution is 2.33. The predicted molar refractivity (Wildman–Crippen MR) is 89.2 cm³/mol. The first-order valence-corrected chi connectivity index (χ1v) is 9.01. The molecule has 23 heavy (non-hydrogen) atoms. The van der Waals surface area contributed by atoms with Crippen LogP contribution in [0.3, 0.4) is 0 Å². The van der Waals surface area contributed by atoms with E-state index in [1.807, 2.05) is 4.57 Å². The average Bonchev–Trinajstić information content (AvgIpc) is 3.16. The number of ether oxygens (including phenoxy) is 2. The maximum atomic E-state index is 6.07. The Morgan fingerprint density at radius 3 is 2.61 bits per heavy atom. The van der Waals surface area contributed by atoms with E-state index < -0.39 is 0 Å². The molecular formula is C15H20BrN5O2. The van der Waals surface area contributed by atoms with Crippen LogP contribution in [0.25, 0.3) is 11.2 Å². The van der Waals surface area contributed by atoms with Gasteiger partial charge in [0.2, 0.25) is 0 Å². The van der Waals surface area contributed by atoms with E-state index in [2.05, 4.69) is 30.9 Å². The van der Waals surface area contributed by atoms with E-state index in [0.717, 1.165) is 38.7 Å². The Kier molecular flexibility index (Phi) is 4.11. The Labute approximate surface area is 142 Å². The molecule has 3 heterocycles. The number of rotatable bonds is 3. The lowest BCUT2D eigenvalue weighted by molar-refractivity contribution is -0.0311. The third kappa shape index (κ3) is 2.89. The molecule has 1 aliphatic carbocycles. The summed E-state index contributed by atoms with van der Waals surface area (Å²) in [4.78, 5) is 13.3. The second-order valence-corrected chi connectivity index (χ2v) is 6.87. The van der Waals surface area contributed by atoms with Gasteiger partial charge in [0, 0.05) is 6.61 Å². The first-order chi connectivity index (χ1) is 11.2. The Balaban J connectivity index is 1.73. The first kappa shape index (κ1) is 15.1. The fourth-order valence-corrected chi connectivity index (χ4v) is 3.91. The number of hydrogen-bond donors (Lipinski definition) is 1. The largest absolute Gasteiger partial charge is 0.460 e. The summed E-state index contributed by atoms with van der Waals surface area (Å²) in [5.41, 5.74) is 7.33. The monoisotopic (exact) mass is 381 g/mol. The molecule has 124 valence electrons. The zero-order chi connectivity index (χ0) is 15.8. The Morgan fingerprint density at radius 1 is 1.09 bits per heavy atom. The van der Waals surface area contributed by atoms with E-state index in [0.29, 0.717) is 27.7 Å². The van der Waals surface area contributed by atoms with Crippen molar-refractivity contribution in [2.45, 2.75) is 57.3 Å². The molecular weight excluding hydrogens is 362 g/mol. The van der Waals surface area contributed by atoms with Gasteiger partial charge in [0.15, 0.2) is 21.7 Å². The maximum absolute atomic E-state index is 6.07. The summed E-state index contributed by atoms with van der Waals surface area (Å²) in [6.45, 7) is 0.753. The standard InChI is InChI=1S/C15H20BrN5O2/c16-14-18-11-12(17)19-15(23-9-5-1-2-6-9)20-13(11)21(14)10-7-3-4-8-22-10/h9-10H,1-8H2,(H2,17,19,20). The molecule has 0 aromatic carbocycles. The lowest BCUT2D eigenvalue weighted by Gasteiger charge is -2.24. The van der Waals surface area contributed by atoms with E-state index in [-0.39, 0.29) is 12.3 Å². The summed E-state index contributed by atoms with van der Waals surface area (Å²) >= 11 is 3.50. The molecule has 0 spiro atoms. The van der Waals surface area contributed by atoms with Gasteiger partial charge in [0.1, 0.15) is 12.3 Å². The molecule has 7 nitrogen and oxygen atoms in total. The van der Waals surface area contributed by atoms with Gasteiger partial charge < -0.3 is 15.2 Å². The van der Waals surface area contributed by atoms with Crippen molar-refractivity contribution in [3.8, 4) is 6.01 Å². The van der Waals surface area contributed by atoms with Crippen LogP contribution in [0.1, 0.15) is 51.2 Å². The third-order valence-electron chi connectivity index (χ3n) is 4.52. The Bertz CT molecular complexity index is 707. The number of halogens is 1. The normalized spacial score (nSPS) is 22.7. The number of aromatic nitrogens is 4. The van der Waals surface area contributed by atoms with Gasteiger partial charge >= 0.3 is 6.01 Å². The number of fused-ring (bicyclic) bond motifs is 1. The first-order valence-electron chi connectivity index (χ1n) is 8.21. The van der Waals surface area contributed by atoms with Gasteiger partial charge in [-0.25, -0.2) is 4.98 Å². The molecule has 2 N–H and O–H groups in total. The van der Waals surface area contributed by atoms with Crippen LogP contribution in [0.15, 0.2) is 4.73 Å². The quantitative estimate of drug-likeness (QED) is 0.821. The number of nitrogens with zero attached hydrogens (tertiary/aromatic N) is 4. The number of nitrogen functional groups attached to an aromatic ring is 1. The maximum Gasteiger partial charge on any atom is 0.320 e. The lowest BCUT2D eigenvalue weighted by Crippen LogP contribution is -2.19. The summed E-state index contributed by atoms with van der Waals surface area (Å²) < 4.78 is 14.4. The summed E-state index contributed by atoms with van der Waals surface area (Å²) in [7, 11) is 0. The Hall–Kier alpha value is -1.41. The van der Waals surface area contributed by atoms with Crippen LogP contribution in [-0.2, 0) is 4.74 Å². The molecule has 2 aromatic heterocycles. The summed E-state index contributed by atoms with van der Waals surface area (Å²) in [6.07, 6.45) is 7.77. The molecule has 8 heteroatoms. The van der Waals surface area contributed by atoms with Crippen LogP contribution in [-0.4, -0.2) is 32.2 Å². The summed E-state index contributed by atoms with van der Waals surface area (Å²) in [5.74, 6) is 0.346. The van der Waals surface area contributed by atoms with E-state index in [4.69, 9.17) is 15.2 Å². The van der Waals surface area contributed by atoms with E-state index >= 15 is 0 Å². The van der Waals surface area contributed by atoms with Gasteiger partial charge in [-0.1, -0.05) is 0 Å². The van der Waals surface area contributed by atoms with Crippen LogP contribution < -0.4 is 10.5 Å². The highest BCUT2D eigenvalue weighted by atomic mass is 79.9. The molecule has 0 amide bonds. The molecule has 1 saturated heterocycles. The fraction of sp³-hybridized carbons (Fsp3) is 0.667. The molecule has 2 aliphatic rings. The van der Waals surface area contributed by atoms with Crippen molar-refractivity contribution < 1.29 is 9.47 Å². The van der Waals surface area contributed by atoms with E-state index in [1.54, 1.807) is 0 Å². The molecule has 1 saturated carbocycles. The van der Waals surface area contributed by atoms with Crippen molar-refractivity contribution in [1.82, 2.24) is 19.5 Å². The van der Waals surface area contributed by atoms with Gasteiger partial charge in [-0.05, 0) is 60.9 Å². The van der Waals surface area contributed by atoms with Crippen molar-refractivity contribution in [2.24, 2.45) is 0 Å². The number of nitrogens with two attached hydrogens (primary N) is 1. The van der Waals surface area contributed by atoms with Gasteiger partial charge in [-0.2, -0.15) is 9.97 Å². The second-order valence-electron chi connectivity index (χ2n) is 6.16. The molecule has 2 aromatic rings. The zero-order valence-electron chi connectivity index (χ0n) is 12.9. The van der Waals surface area contributed by atoms with Crippen molar-refractivity contribution >= 4 is 32.9 Å². The zero-order valence-corrected chi connectivity index (χ0v) is 14.5. The number of anilines is 1. The third-order valence-corrected chi connectivity index (χ3v) is 5.08. The molecule has 1 atom stereocenters. The van der Waals surface area contributed by atoms with E-state index in [1.165, 1.54) is 12.8 Å². The minimum absolute atomic E-state index is 0.0724. The summed E-state index contributed by atoms with van der Waals surface area (Å²) in [6, 6.07) is 0.339. The van der Waals surface area contributed by atoms with Crippen molar-refractivity contribution in [3.63, 3.8) is 0 Å². The fourth-order valence-electron chi connectivity index (χ4n) is 3.34. The molecule has 0 bridgehead atoms. The second kappa shape index (κ2) is 6.24. The lowest BCUT2D eigenvalue weighted by atomic mass is 10.2. The van der Waals surface area contributed by atoms with Crippen LogP contribution in [0.2, 0.25) is 0 Å². The smallest absolute Gasteiger partial charge is 0.320 e. The van der Waals surface area contributed by atoms with Gasteiger partial charge in [-0.15, -0.1) is 0 Å². The van der Waals surface area contributed by atoms with Crippen molar-refractivity contribution in [2.75, 3.05) is 12.3 Å². The topological polar surface area (TPSA) is 88.1 Å². The molecule has 0 radical (unpaired) electrons. The van der Waals surface area contributed by atoms with Crippen LogP contribution >= 0.6 is 15.9 Å². The van der Waals surface area contributed by atoms with Crippen LogP contribution in [0.5, 0.6) is 6.01 Å². The highest BCUT2D eigenvalue weighted by Gasteiger charge is 2.25. The molecule has 1 aliphatic heterocycles. The van der Waals surface area contributed by atoms with Crippen LogP contribution in [0.4, 0.5) is 5.82 Å². The number of imidazole rings is 1. The Morgan fingerprint density at radius 2 is 1.87 bits per heavy atom. The van der Waals surface area contributed by atoms with Crippen molar-refractivity contribution in [1.29, 1.82) is 0 Å². The van der Waals surface area contributed by atoms with Crippen LogP contribution in [0, 0.1) is 0 Å². The minimum Gasteiger partial charge on any atom is -0.460 e. The van der Waals surface area contributed by atoms with Crippen molar-refractivity contribution in [3.05, 3.63) is 4.73 Å². The number of hydrogen-bond acceptors (Lipinski definition) is 6. The molecule has 1 unspecified atom stereocenters. The highest BCUT2D eigenvalue weighted by molar-refractivity contribution is 9.10. The SMILES string of the molecule is Nc1nc(OC2CCCC2)nc2c1nc(Br)n2C1CCCCO1. The predicted octanol–water partition coefficient (Wildman–Crippen LogP) is 3.19. The molecule has 2 fully saturated rings. The van der Waals surface area contributed by atoms with E-state index in [9.17, 15) is 0 Å². The average molecular weight is 382 g/mol. The minimum atomic E-state index is -0.0724. The molecule has 4 rings (SSSR count). The van der Waals surface area contributed by atoms with Gasteiger partial charge in [0.25, 0.3) is 0 Å².